The maximum Gasteiger partial charge on any atom is 0.0646 e. The Bertz CT molecular complexity index is 330. The molecule has 74 valence electrons. The second kappa shape index (κ2) is 3.45. The van der Waals surface area contributed by atoms with E-state index >= 15 is 0 Å². The van der Waals surface area contributed by atoms with Crippen LogP contribution in [-0.2, 0) is 13.1 Å². The topological polar surface area (TPSA) is 16.1 Å². The quantitative estimate of drug-likeness (QED) is 0.709. The minimum Gasteiger partial charge on any atom is -0.365 e. The average Bonchev–Trinajstić information content (AvgIpc) is 2.59. The van der Waals surface area contributed by atoms with Gasteiger partial charge in [0.2, 0.25) is 0 Å². The summed E-state index contributed by atoms with van der Waals surface area (Å²) in [4.78, 5) is 6.68. The Labute approximate surface area is 85.3 Å². The third-order valence-corrected chi connectivity index (χ3v) is 2.76. The molecule has 14 heavy (non-hydrogen) atoms. The van der Waals surface area contributed by atoms with E-state index in [1.54, 1.807) is 0 Å². The summed E-state index contributed by atoms with van der Waals surface area (Å²) in [7, 11) is 0. The highest BCUT2D eigenvalue weighted by Gasteiger charge is 2.21. The first-order valence-corrected chi connectivity index (χ1v) is 5.05. The van der Waals surface area contributed by atoms with Gasteiger partial charge >= 0.3 is 0 Å². The van der Waals surface area contributed by atoms with Crippen LogP contribution in [0.5, 0.6) is 0 Å². The third kappa shape index (κ3) is 1.52. The van der Waals surface area contributed by atoms with E-state index in [4.69, 9.17) is 0 Å². The lowest BCUT2D eigenvalue weighted by Gasteiger charge is -2.22. The van der Waals surface area contributed by atoms with Crippen LogP contribution >= 0.6 is 0 Å². The molecule has 0 N–H and O–H groups in total. The molecule has 2 rings (SSSR count). The van der Waals surface area contributed by atoms with Gasteiger partial charge in [-0.3, -0.25) is 4.98 Å². The Morgan fingerprint density at radius 3 is 2.93 bits per heavy atom. The second-order valence-electron chi connectivity index (χ2n) is 4.11. The maximum absolute atomic E-state index is 4.37. The normalized spacial score (nSPS) is 14.6. The number of rotatable bonds is 2. The van der Waals surface area contributed by atoms with Crippen molar-refractivity contribution in [2.24, 2.45) is 5.92 Å². The molecule has 0 unspecified atom stereocenters. The number of aromatic nitrogens is 1. The Balaban J connectivity index is 2.16. The fourth-order valence-electron chi connectivity index (χ4n) is 1.77. The van der Waals surface area contributed by atoms with Gasteiger partial charge in [0.15, 0.2) is 0 Å². The van der Waals surface area contributed by atoms with Gasteiger partial charge in [0.05, 0.1) is 12.2 Å². The van der Waals surface area contributed by atoms with Gasteiger partial charge < -0.3 is 4.90 Å². The maximum atomic E-state index is 4.37. The van der Waals surface area contributed by atoms with E-state index in [9.17, 15) is 0 Å². The molecule has 0 saturated carbocycles. The standard InChI is InChI=1S/C12H16N2/c1-9(2)10(3)14-7-11-5-4-6-13-12(11)8-14/h4-6,9H,3,7-8H2,1-2H3. The van der Waals surface area contributed by atoms with E-state index in [2.05, 4.69) is 36.4 Å². The van der Waals surface area contributed by atoms with Crippen molar-refractivity contribution < 1.29 is 0 Å². The second-order valence-corrected chi connectivity index (χ2v) is 4.11. The number of allylic oxidation sites excluding steroid dienone is 1. The van der Waals surface area contributed by atoms with Crippen LogP contribution in [-0.4, -0.2) is 9.88 Å². The van der Waals surface area contributed by atoms with Crippen LogP contribution < -0.4 is 0 Å². The first-order valence-electron chi connectivity index (χ1n) is 5.05. The molecule has 0 radical (unpaired) electrons. The summed E-state index contributed by atoms with van der Waals surface area (Å²) in [6, 6.07) is 4.15. The first kappa shape index (κ1) is 9.25. The highest BCUT2D eigenvalue weighted by atomic mass is 15.2. The molecule has 1 aliphatic rings. The molecule has 0 aliphatic carbocycles. The lowest BCUT2D eigenvalue weighted by molar-refractivity contribution is 0.326. The summed E-state index contributed by atoms with van der Waals surface area (Å²) in [6.07, 6.45) is 1.86. The lowest BCUT2D eigenvalue weighted by atomic mass is 10.1. The van der Waals surface area contributed by atoms with Gasteiger partial charge in [-0.05, 0) is 17.5 Å². The zero-order valence-corrected chi connectivity index (χ0v) is 8.83. The molecule has 0 spiro atoms. The summed E-state index contributed by atoms with van der Waals surface area (Å²) < 4.78 is 0. The number of fused-ring (bicyclic) bond motifs is 1. The van der Waals surface area contributed by atoms with Crippen molar-refractivity contribution >= 4 is 0 Å². The average molecular weight is 188 g/mol. The molecule has 0 atom stereocenters. The molecule has 0 fully saturated rings. The summed E-state index contributed by atoms with van der Waals surface area (Å²) in [5.74, 6) is 0.518. The van der Waals surface area contributed by atoms with Crippen molar-refractivity contribution in [1.82, 2.24) is 9.88 Å². The Kier molecular flexibility index (Phi) is 2.28. The van der Waals surface area contributed by atoms with E-state index in [1.165, 1.54) is 17.0 Å². The van der Waals surface area contributed by atoms with Crippen LogP contribution in [0.25, 0.3) is 0 Å². The van der Waals surface area contributed by atoms with Crippen molar-refractivity contribution in [3.8, 4) is 0 Å². The number of hydrogen-bond donors (Lipinski definition) is 0. The fraction of sp³-hybridized carbons (Fsp3) is 0.417. The molecule has 0 bridgehead atoms. The van der Waals surface area contributed by atoms with E-state index in [1.807, 2.05) is 12.3 Å². The van der Waals surface area contributed by atoms with Gasteiger partial charge in [-0.25, -0.2) is 0 Å². The van der Waals surface area contributed by atoms with Gasteiger partial charge in [0.1, 0.15) is 0 Å². The minimum atomic E-state index is 0.518. The Morgan fingerprint density at radius 2 is 2.29 bits per heavy atom. The zero-order chi connectivity index (χ0) is 10.1. The van der Waals surface area contributed by atoms with Gasteiger partial charge in [0.25, 0.3) is 0 Å². The minimum absolute atomic E-state index is 0.518. The lowest BCUT2D eigenvalue weighted by Crippen LogP contribution is -2.18. The van der Waals surface area contributed by atoms with Crippen LogP contribution in [0, 0.1) is 5.92 Å². The number of hydrogen-bond acceptors (Lipinski definition) is 2. The van der Waals surface area contributed by atoms with Gasteiger partial charge in [-0.1, -0.05) is 26.5 Å². The highest BCUT2D eigenvalue weighted by molar-refractivity contribution is 5.25. The van der Waals surface area contributed by atoms with Crippen molar-refractivity contribution in [3.05, 3.63) is 41.9 Å². The van der Waals surface area contributed by atoms with Gasteiger partial charge in [-0.2, -0.15) is 0 Å². The van der Waals surface area contributed by atoms with Crippen molar-refractivity contribution in [1.29, 1.82) is 0 Å². The molecule has 2 nitrogen and oxygen atoms in total. The van der Waals surface area contributed by atoms with Crippen LogP contribution in [0.1, 0.15) is 25.1 Å². The Morgan fingerprint density at radius 1 is 1.50 bits per heavy atom. The van der Waals surface area contributed by atoms with E-state index in [0.29, 0.717) is 5.92 Å². The van der Waals surface area contributed by atoms with Crippen LogP contribution in [0.15, 0.2) is 30.6 Å². The van der Waals surface area contributed by atoms with Gasteiger partial charge in [-0.15, -0.1) is 0 Å². The molecule has 1 aliphatic heterocycles. The molecular formula is C12H16N2. The number of nitrogens with zero attached hydrogens (tertiary/aromatic N) is 2. The molecule has 0 saturated heterocycles. The van der Waals surface area contributed by atoms with Crippen molar-refractivity contribution in [3.63, 3.8) is 0 Å². The molecular weight excluding hydrogens is 172 g/mol. The predicted octanol–water partition coefficient (Wildman–Crippen LogP) is 2.57. The van der Waals surface area contributed by atoms with Gasteiger partial charge in [0, 0.05) is 18.4 Å². The molecule has 1 aromatic heterocycles. The van der Waals surface area contributed by atoms with E-state index in [-0.39, 0.29) is 0 Å². The summed E-state index contributed by atoms with van der Waals surface area (Å²) in [5, 5.41) is 0. The molecule has 0 aromatic carbocycles. The molecule has 0 amide bonds. The monoisotopic (exact) mass is 188 g/mol. The summed E-state index contributed by atoms with van der Waals surface area (Å²) >= 11 is 0. The molecule has 2 heterocycles. The molecule has 1 aromatic rings. The van der Waals surface area contributed by atoms with Crippen LogP contribution in [0.3, 0.4) is 0 Å². The first-order chi connectivity index (χ1) is 6.68. The zero-order valence-electron chi connectivity index (χ0n) is 8.83. The smallest absolute Gasteiger partial charge is 0.0646 e. The summed E-state index contributed by atoms with van der Waals surface area (Å²) in [5.41, 5.74) is 3.76. The highest BCUT2D eigenvalue weighted by Crippen LogP contribution is 2.26. The van der Waals surface area contributed by atoms with Crippen LogP contribution in [0.4, 0.5) is 0 Å². The van der Waals surface area contributed by atoms with Crippen LogP contribution in [0.2, 0.25) is 0 Å². The third-order valence-electron chi connectivity index (χ3n) is 2.76. The number of pyridine rings is 1. The SMILES string of the molecule is C=C(C(C)C)N1Cc2cccnc2C1. The largest absolute Gasteiger partial charge is 0.365 e. The Hall–Kier alpha value is -1.31. The van der Waals surface area contributed by atoms with E-state index < -0.39 is 0 Å². The predicted molar refractivity (Wildman–Crippen MR) is 57.5 cm³/mol. The summed E-state index contributed by atoms with van der Waals surface area (Å²) in [6.45, 7) is 10.4. The van der Waals surface area contributed by atoms with E-state index in [0.717, 1.165) is 13.1 Å². The fourth-order valence-corrected chi connectivity index (χ4v) is 1.77. The van der Waals surface area contributed by atoms with Crippen molar-refractivity contribution in [2.75, 3.05) is 0 Å². The van der Waals surface area contributed by atoms with Crippen molar-refractivity contribution in [2.45, 2.75) is 26.9 Å². The molecule has 2 heteroatoms.